The maximum atomic E-state index is 12.8. The highest BCUT2D eigenvalue weighted by atomic mass is 32.2. The second kappa shape index (κ2) is 39.0. The summed E-state index contributed by atoms with van der Waals surface area (Å²) in [5.74, 6) is 6.51. The smallest absolute Gasteiger partial charge is 0.344 e. The molecular formula is C105H164O26S. The van der Waals surface area contributed by atoms with Crippen molar-refractivity contribution in [3.63, 3.8) is 0 Å². The highest BCUT2D eigenvalue weighted by Gasteiger charge is 2.69. The van der Waals surface area contributed by atoms with Gasteiger partial charge in [0.25, 0.3) is 10.1 Å². The molecule has 26 nitrogen and oxygen atoms in total. The zero-order chi connectivity index (χ0) is 96.7. The summed E-state index contributed by atoms with van der Waals surface area (Å²) in [5.41, 5.74) is -4.65. The molecule has 0 aromatic carbocycles. The number of esters is 11. The maximum Gasteiger partial charge on any atom is 0.344 e. The van der Waals surface area contributed by atoms with Crippen molar-refractivity contribution in [3.8, 4) is 0 Å². The van der Waals surface area contributed by atoms with Crippen LogP contribution in [0, 0.1) is 151 Å². The second-order valence-electron chi connectivity index (χ2n) is 49.0. The van der Waals surface area contributed by atoms with Gasteiger partial charge in [0.05, 0.1) is 49.3 Å². The van der Waals surface area contributed by atoms with Crippen LogP contribution in [0.4, 0.5) is 0 Å². The van der Waals surface area contributed by atoms with Crippen LogP contribution in [0.15, 0.2) is 0 Å². The minimum Gasteiger partial charge on any atom is -0.459 e. The summed E-state index contributed by atoms with van der Waals surface area (Å²) in [6.45, 7) is 41.4. The van der Waals surface area contributed by atoms with Crippen LogP contribution in [0.25, 0.3) is 0 Å². The fraction of sp³-hybridized carbons (Fsp3) is 0.895. The molecule has 2 aliphatic heterocycles. The molecule has 22 aliphatic rings. The lowest BCUT2D eigenvalue weighted by atomic mass is 9.47. The topological polar surface area (TPSA) is 353 Å². The number of carbonyl (C=O) groups is 11. The Bertz CT molecular complexity index is 4250. The highest BCUT2D eigenvalue weighted by Crippen LogP contribution is 2.66. The Morgan fingerprint density at radius 2 is 0.750 bits per heavy atom. The Morgan fingerprint density at radius 1 is 0.394 bits per heavy atom. The van der Waals surface area contributed by atoms with Gasteiger partial charge in [-0.3, -0.25) is 37.7 Å². The Morgan fingerprint density at radius 3 is 1.16 bits per heavy atom. The maximum absolute atomic E-state index is 12.8. The molecule has 0 aromatic heterocycles. The molecule has 27 heteroatoms. The molecule has 22 fully saturated rings. The van der Waals surface area contributed by atoms with Crippen molar-refractivity contribution < 1.29 is 123 Å². The van der Waals surface area contributed by atoms with Gasteiger partial charge in [-0.25, -0.2) is 19.2 Å². The Hall–Kier alpha value is -5.96. The van der Waals surface area contributed by atoms with E-state index >= 15 is 0 Å². The molecule has 0 aromatic rings. The minimum atomic E-state index is -3.53. The normalized spacial score (nSPS) is 38.8. The van der Waals surface area contributed by atoms with Crippen molar-refractivity contribution >= 4 is 75.8 Å². The van der Waals surface area contributed by atoms with Crippen LogP contribution >= 0.6 is 0 Å². The molecule has 20 saturated carbocycles. The van der Waals surface area contributed by atoms with E-state index in [1.165, 1.54) is 77.0 Å². The van der Waals surface area contributed by atoms with Gasteiger partial charge in [-0.15, -0.1) is 0 Å². The van der Waals surface area contributed by atoms with Gasteiger partial charge in [-0.1, -0.05) is 62.3 Å². The predicted octanol–water partition coefficient (Wildman–Crippen LogP) is 18.2. The third-order valence-electron chi connectivity index (χ3n) is 37.6. The molecular weight excluding hydrogens is 1710 g/mol. The quantitative estimate of drug-likeness (QED) is 0.0432. The van der Waals surface area contributed by atoms with Gasteiger partial charge in [0.2, 0.25) is 0 Å². The van der Waals surface area contributed by atoms with Crippen LogP contribution in [-0.4, -0.2) is 163 Å². The predicted molar refractivity (Wildman–Crippen MR) is 488 cm³/mol. The Balaban J connectivity index is 0.000000135. The van der Waals surface area contributed by atoms with Crippen molar-refractivity contribution in [2.75, 3.05) is 26.4 Å². The summed E-state index contributed by atoms with van der Waals surface area (Å²) in [7, 11) is -3.53. The minimum absolute atomic E-state index is 0.00636. The van der Waals surface area contributed by atoms with Gasteiger partial charge in [-0.05, 0) is 378 Å². The lowest BCUT2D eigenvalue weighted by Gasteiger charge is -2.62. The van der Waals surface area contributed by atoms with E-state index < -0.39 is 122 Å². The molecule has 0 spiro atoms. The number of hydrogen-bond acceptors (Lipinski definition) is 26. The molecule has 0 amide bonds. The lowest BCUT2D eigenvalue weighted by molar-refractivity contribution is -0.231. The zero-order valence-corrected chi connectivity index (χ0v) is 84.8. The van der Waals surface area contributed by atoms with Gasteiger partial charge in [-0.2, -0.15) is 8.42 Å². The Kier molecular flexibility index (Phi) is 30.6. The molecule has 20 bridgehead atoms. The Labute approximate surface area is 786 Å². The summed E-state index contributed by atoms with van der Waals surface area (Å²) < 4.78 is 89.3. The SMILES string of the molecule is CCC(C)(C)C(=O)OC1(C(C)C)C2CC3CC(C2)CC1C3.CCC(C)(C)C(=O)OC1(CC)C2CC3CC(C2)CC1C3.CCC(C)(C)C(=O)OC12CC3CC(CC(O)(C3)C1)C2.CCC(C)(C)C(=O)OCC(=O)OC1C2CC3C(=O)OC1C3C2.CCC(C)(C)C(=O)OCC(=O)OC1C2CC3C1OS(=O)(=O)C3C2.CCC(C)(C)C(=O)OCC(=O)OCC(=O)OC1(C)C2CC3CC(C2)CC1C3. The number of carbonyl (C=O) groups excluding carboxylic acids is 11. The van der Waals surface area contributed by atoms with Crippen LogP contribution in [0.2, 0.25) is 0 Å². The summed E-state index contributed by atoms with van der Waals surface area (Å²) in [5, 5.41) is 10.2. The van der Waals surface area contributed by atoms with Crippen molar-refractivity contribution in [2.24, 2.45) is 151 Å². The van der Waals surface area contributed by atoms with E-state index in [0.29, 0.717) is 91.8 Å². The number of ether oxygens (including phenoxy) is 11. The number of rotatable bonds is 28. The van der Waals surface area contributed by atoms with E-state index in [4.69, 9.17) is 56.3 Å². The molecule has 12 unspecified atom stereocenters. The van der Waals surface area contributed by atoms with E-state index in [1.807, 2.05) is 69.2 Å². The summed E-state index contributed by atoms with van der Waals surface area (Å²) in [6, 6.07) is 0. The van der Waals surface area contributed by atoms with Crippen LogP contribution < -0.4 is 0 Å². The first-order chi connectivity index (χ1) is 61.6. The molecule has 20 aliphatic carbocycles. The summed E-state index contributed by atoms with van der Waals surface area (Å²) >= 11 is 0. The molecule has 2 saturated heterocycles. The monoisotopic (exact) mass is 1870 g/mol. The average molecular weight is 1870 g/mol. The van der Waals surface area contributed by atoms with E-state index in [0.717, 1.165) is 125 Å². The largest absolute Gasteiger partial charge is 0.459 e. The first kappa shape index (κ1) is 103. The van der Waals surface area contributed by atoms with Gasteiger partial charge in [0.1, 0.15) is 46.8 Å². The number of hydrogen-bond donors (Lipinski definition) is 1. The van der Waals surface area contributed by atoms with Crippen LogP contribution in [0.5, 0.6) is 0 Å². The molecule has 0 radical (unpaired) electrons. The first-order valence-electron chi connectivity index (χ1n) is 51.4. The van der Waals surface area contributed by atoms with Crippen molar-refractivity contribution in [3.05, 3.63) is 0 Å². The van der Waals surface area contributed by atoms with E-state index in [1.54, 1.807) is 41.5 Å². The zero-order valence-electron chi connectivity index (χ0n) is 84.0. The highest BCUT2D eigenvalue weighted by molar-refractivity contribution is 7.87. The summed E-state index contributed by atoms with van der Waals surface area (Å²) in [6.07, 6.45) is 31.2. The second-order valence-corrected chi connectivity index (χ2v) is 50.8. The van der Waals surface area contributed by atoms with Crippen molar-refractivity contribution in [1.29, 1.82) is 0 Å². The number of fused-ring (bicyclic) bond motifs is 2. The fourth-order valence-electron chi connectivity index (χ4n) is 28.2. The van der Waals surface area contributed by atoms with Crippen molar-refractivity contribution in [2.45, 2.75) is 415 Å². The van der Waals surface area contributed by atoms with E-state index in [9.17, 15) is 66.3 Å². The lowest BCUT2D eigenvalue weighted by Crippen LogP contribution is -2.63. The molecule has 12 atom stereocenters. The van der Waals surface area contributed by atoms with Gasteiger partial charge >= 0.3 is 65.7 Å². The van der Waals surface area contributed by atoms with Crippen molar-refractivity contribution in [1.82, 2.24) is 0 Å². The van der Waals surface area contributed by atoms with Crippen LogP contribution in [-0.2, 0) is 119 Å². The molecule has 22 rings (SSSR count). The van der Waals surface area contributed by atoms with Gasteiger partial charge in [0, 0.05) is 30.1 Å². The third-order valence-corrected chi connectivity index (χ3v) is 39.4. The van der Waals surface area contributed by atoms with E-state index in [-0.39, 0.29) is 99.9 Å². The van der Waals surface area contributed by atoms with E-state index in [2.05, 4.69) is 41.5 Å². The molecule has 2 heterocycles. The number of aliphatic hydroxyl groups is 1. The average Bonchev–Trinajstić information content (AvgIpc) is 1.21. The first-order valence-corrected chi connectivity index (χ1v) is 52.9. The van der Waals surface area contributed by atoms with Gasteiger partial charge < -0.3 is 57.2 Å². The van der Waals surface area contributed by atoms with Gasteiger partial charge in [0.15, 0.2) is 26.4 Å². The fourth-order valence-corrected chi connectivity index (χ4v) is 30.1. The molecule has 132 heavy (non-hydrogen) atoms. The molecule has 746 valence electrons. The summed E-state index contributed by atoms with van der Waals surface area (Å²) in [4.78, 5) is 133. The van der Waals surface area contributed by atoms with Crippen LogP contribution in [0.1, 0.15) is 358 Å². The van der Waals surface area contributed by atoms with Crippen LogP contribution in [0.3, 0.4) is 0 Å². The molecule has 1 N–H and O–H groups in total. The third kappa shape index (κ3) is 21.1. The standard InChI is InChI=1S/C21H32O6.C19H32O2.C18H30O2.C16H22O6.C16H26O3.C15H22O7S/c1-5-20(2,3)19(24)26-11-17(22)25-12-18(23)27-21(4)15-7-13-6-14(9-15)10-16(21)8-13;1-6-18(4,5)17(20)21-19(12(2)3)15-8-13-7-14(10-15)11-16(19)9-13;1-5-17(3,4)16(19)20-18(6-2)14-8-12-7-13(10-14)11-15(18)9-12;1-4-16(2,3)15(19)20-7-11(17)21-12-8-5-9-10(6-8)14(18)22-13(9)12;1-4-14(2,3)13(17)19-16-8-11-5-12(9-16)7-15(18,6-11)10-16;1-4-15(2,3)14(17)20-7-11(16)21-12-8-5-9-10(6-8)23(18,19)22-13(9)12/h13-16H,5-12H2,1-4H3;12-16H,6-11H2,1-5H3;12-15H,5-11H2,1-4H3;8-10,12-13H,4-7H2,1-3H3;11-12,18H,4-10H2,1-3H3;8-10,12-13H,4-7H2,1-3H3.